The Labute approximate surface area is 203 Å². The number of carbonyl (C=O) groups is 5. The van der Waals surface area contributed by atoms with E-state index in [0.29, 0.717) is 11.4 Å². The highest BCUT2D eigenvalue weighted by atomic mass is 16.6. The van der Waals surface area contributed by atoms with Crippen LogP contribution in [0.5, 0.6) is 0 Å². The first-order valence-corrected chi connectivity index (χ1v) is 11.1. The van der Waals surface area contributed by atoms with Crippen LogP contribution >= 0.6 is 0 Å². The summed E-state index contributed by atoms with van der Waals surface area (Å²) in [4.78, 5) is 62.8. The molecule has 0 aliphatic carbocycles. The Bertz CT molecular complexity index is 1200. The van der Waals surface area contributed by atoms with E-state index in [2.05, 4.69) is 16.0 Å². The van der Waals surface area contributed by atoms with E-state index >= 15 is 0 Å². The molecule has 0 radical (unpaired) electrons. The molecule has 2 aromatic carbocycles. The number of fused-ring (bicyclic) bond motifs is 1. The first-order valence-electron chi connectivity index (χ1n) is 11.1. The van der Waals surface area contributed by atoms with Gasteiger partial charge in [0.2, 0.25) is 5.91 Å². The van der Waals surface area contributed by atoms with Crippen LogP contribution in [-0.2, 0) is 9.53 Å². The van der Waals surface area contributed by atoms with Gasteiger partial charge in [-0.1, -0.05) is 6.07 Å². The molecule has 0 bridgehead atoms. The lowest BCUT2D eigenvalue weighted by atomic mass is 10.1. The third-order valence-electron chi connectivity index (χ3n) is 4.89. The van der Waals surface area contributed by atoms with Gasteiger partial charge in [-0.25, -0.2) is 4.79 Å². The number of nitrogens with zero attached hydrogens (tertiary/aromatic N) is 1. The maximum Gasteiger partial charge on any atom is 0.408 e. The second-order valence-electron chi connectivity index (χ2n) is 9.27. The van der Waals surface area contributed by atoms with Crippen LogP contribution in [0.15, 0.2) is 42.5 Å². The van der Waals surface area contributed by atoms with Gasteiger partial charge in [0.25, 0.3) is 17.7 Å². The van der Waals surface area contributed by atoms with Crippen LogP contribution in [0.25, 0.3) is 0 Å². The van der Waals surface area contributed by atoms with Gasteiger partial charge in [0.05, 0.1) is 11.1 Å². The lowest BCUT2D eigenvalue weighted by Gasteiger charge is -2.19. The van der Waals surface area contributed by atoms with Gasteiger partial charge in [0.15, 0.2) is 0 Å². The summed E-state index contributed by atoms with van der Waals surface area (Å²) in [7, 11) is 0. The Kier molecular flexibility index (Phi) is 7.23. The Morgan fingerprint density at radius 3 is 2.17 bits per heavy atom. The van der Waals surface area contributed by atoms with Crippen LogP contribution in [0.2, 0.25) is 0 Å². The molecule has 0 aromatic heterocycles. The number of nitrogens with one attached hydrogen (secondary N) is 3. The van der Waals surface area contributed by atoms with E-state index in [4.69, 9.17) is 4.74 Å². The summed E-state index contributed by atoms with van der Waals surface area (Å²) in [6.45, 7) is 8.34. The predicted molar refractivity (Wildman–Crippen MR) is 129 cm³/mol. The maximum absolute atomic E-state index is 12.8. The van der Waals surface area contributed by atoms with E-state index in [9.17, 15) is 24.0 Å². The lowest BCUT2D eigenvalue weighted by molar-refractivity contribution is -0.115. The largest absolute Gasteiger partial charge is 0.444 e. The SMILES string of the molecule is CC(C)N1C(=O)c2ccc(C(=O)Nc3cccc(NC(=O)CNC(=O)OC(C)(C)C)c3)cc2C1=O. The standard InChI is InChI=1S/C25H28N4O6/c1-14(2)29-22(32)18-10-9-15(11-19(18)23(29)33)21(31)28-17-8-6-7-16(12-17)27-20(30)13-26-24(34)35-25(3,4)5/h6-12,14H,13H2,1-5H3,(H,26,34)(H,27,30)(H,28,31). The third kappa shape index (κ3) is 6.23. The zero-order valence-corrected chi connectivity index (χ0v) is 20.2. The minimum absolute atomic E-state index is 0.190. The van der Waals surface area contributed by atoms with Crippen LogP contribution < -0.4 is 16.0 Å². The summed E-state index contributed by atoms with van der Waals surface area (Å²) in [6.07, 6.45) is -0.709. The first kappa shape index (κ1) is 25.4. The summed E-state index contributed by atoms with van der Waals surface area (Å²) < 4.78 is 5.08. The van der Waals surface area contributed by atoms with E-state index in [-0.39, 0.29) is 35.2 Å². The Morgan fingerprint density at radius 1 is 0.914 bits per heavy atom. The minimum atomic E-state index is -0.709. The number of amides is 5. The number of carbonyl (C=O) groups excluding carboxylic acids is 5. The molecule has 1 aliphatic heterocycles. The quantitative estimate of drug-likeness (QED) is 0.543. The zero-order valence-electron chi connectivity index (χ0n) is 20.2. The van der Waals surface area contributed by atoms with Crippen molar-refractivity contribution in [2.45, 2.75) is 46.3 Å². The normalized spacial score (nSPS) is 12.9. The highest BCUT2D eigenvalue weighted by Gasteiger charge is 2.37. The molecule has 1 aliphatic rings. The minimum Gasteiger partial charge on any atom is -0.444 e. The molecule has 0 fully saturated rings. The van der Waals surface area contributed by atoms with Gasteiger partial charge < -0.3 is 20.7 Å². The van der Waals surface area contributed by atoms with Gasteiger partial charge >= 0.3 is 6.09 Å². The van der Waals surface area contributed by atoms with Gasteiger partial charge in [0.1, 0.15) is 12.1 Å². The van der Waals surface area contributed by atoms with Crippen molar-refractivity contribution in [2.75, 3.05) is 17.2 Å². The van der Waals surface area contributed by atoms with Crippen LogP contribution in [0.4, 0.5) is 16.2 Å². The van der Waals surface area contributed by atoms with E-state index in [1.165, 1.54) is 18.2 Å². The average Bonchev–Trinajstić information content (AvgIpc) is 3.01. The van der Waals surface area contributed by atoms with Crippen molar-refractivity contribution >= 4 is 41.1 Å². The smallest absolute Gasteiger partial charge is 0.408 e. The Morgan fingerprint density at radius 2 is 1.54 bits per heavy atom. The molecule has 0 saturated carbocycles. The molecule has 0 atom stereocenters. The van der Waals surface area contributed by atoms with Crippen molar-refractivity contribution in [1.29, 1.82) is 0 Å². The fourth-order valence-electron chi connectivity index (χ4n) is 3.42. The van der Waals surface area contributed by atoms with Gasteiger partial charge in [0, 0.05) is 23.0 Å². The Hall–Kier alpha value is -4.21. The molecule has 184 valence electrons. The van der Waals surface area contributed by atoms with Crippen molar-refractivity contribution in [2.24, 2.45) is 0 Å². The van der Waals surface area contributed by atoms with Gasteiger partial charge in [-0.3, -0.25) is 24.1 Å². The van der Waals surface area contributed by atoms with Crippen molar-refractivity contribution < 1.29 is 28.7 Å². The molecular weight excluding hydrogens is 452 g/mol. The molecule has 0 unspecified atom stereocenters. The molecule has 3 rings (SSSR count). The number of hydrogen-bond acceptors (Lipinski definition) is 6. The van der Waals surface area contributed by atoms with Crippen LogP contribution in [0.3, 0.4) is 0 Å². The molecule has 1 heterocycles. The summed E-state index contributed by atoms with van der Waals surface area (Å²) in [5.41, 5.74) is 0.801. The first-order chi connectivity index (χ1) is 16.4. The average molecular weight is 481 g/mol. The summed E-state index contributed by atoms with van der Waals surface area (Å²) in [5, 5.41) is 7.70. The number of rotatable bonds is 6. The highest BCUT2D eigenvalue weighted by Crippen LogP contribution is 2.26. The topological polar surface area (TPSA) is 134 Å². The van der Waals surface area contributed by atoms with Crippen molar-refractivity contribution in [3.63, 3.8) is 0 Å². The number of imide groups is 1. The molecule has 0 spiro atoms. The maximum atomic E-state index is 12.8. The zero-order chi connectivity index (χ0) is 25.9. The van der Waals surface area contributed by atoms with E-state index < -0.39 is 29.4 Å². The molecule has 35 heavy (non-hydrogen) atoms. The number of ether oxygens (including phenoxy) is 1. The lowest BCUT2D eigenvalue weighted by Crippen LogP contribution is -2.37. The van der Waals surface area contributed by atoms with Crippen LogP contribution in [-0.4, -0.2) is 52.8 Å². The van der Waals surface area contributed by atoms with Gasteiger partial charge in [-0.2, -0.15) is 0 Å². The second-order valence-corrected chi connectivity index (χ2v) is 9.27. The van der Waals surface area contributed by atoms with Crippen molar-refractivity contribution in [3.05, 3.63) is 59.2 Å². The third-order valence-corrected chi connectivity index (χ3v) is 4.89. The summed E-state index contributed by atoms with van der Waals surface area (Å²) in [6, 6.07) is 10.5. The van der Waals surface area contributed by atoms with Gasteiger partial charge in [-0.05, 0) is 71.0 Å². The van der Waals surface area contributed by atoms with Gasteiger partial charge in [-0.15, -0.1) is 0 Å². The fourth-order valence-corrected chi connectivity index (χ4v) is 3.42. The number of hydrogen-bond donors (Lipinski definition) is 3. The monoisotopic (exact) mass is 480 g/mol. The molecule has 3 N–H and O–H groups in total. The Balaban J connectivity index is 1.63. The second kappa shape index (κ2) is 9.96. The van der Waals surface area contributed by atoms with Crippen LogP contribution in [0, 0.1) is 0 Å². The van der Waals surface area contributed by atoms with Crippen molar-refractivity contribution in [3.8, 4) is 0 Å². The summed E-state index contributed by atoms with van der Waals surface area (Å²) in [5.74, 6) is -1.77. The van der Waals surface area contributed by atoms with E-state index in [1.807, 2.05) is 0 Å². The van der Waals surface area contributed by atoms with Crippen LogP contribution in [0.1, 0.15) is 65.7 Å². The summed E-state index contributed by atoms with van der Waals surface area (Å²) >= 11 is 0. The highest BCUT2D eigenvalue weighted by molar-refractivity contribution is 6.22. The fraction of sp³-hybridized carbons (Fsp3) is 0.320. The molecule has 5 amide bonds. The molecule has 0 saturated heterocycles. The predicted octanol–water partition coefficient (Wildman–Crippen LogP) is 3.41. The molecular formula is C25H28N4O6. The van der Waals surface area contributed by atoms with E-state index in [1.54, 1.807) is 58.9 Å². The number of benzene rings is 2. The van der Waals surface area contributed by atoms with Crippen molar-refractivity contribution in [1.82, 2.24) is 10.2 Å². The molecule has 2 aromatic rings. The number of anilines is 2. The molecule has 10 nitrogen and oxygen atoms in total. The number of alkyl carbamates (subject to hydrolysis) is 1. The molecule has 10 heteroatoms. The van der Waals surface area contributed by atoms with E-state index in [0.717, 1.165) is 4.90 Å².